The molecule has 0 radical (unpaired) electrons. The van der Waals surface area contributed by atoms with Crippen molar-refractivity contribution < 1.29 is 4.74 Å². The summed E-state index contributed by atoms with van der Waals surface area (Å²) in [5, 5.41) is 9.24. The van der Waals surface area contributed by atoms with Gasteiger partial charge in [0.1, 0.15) is 5.15 Å². The number of pyridine rings is 1. The molecule has 8 heteroatoms. The molecular weight excluding hydrogens is 370 g/mol. The van der Waals surface area contributed by atoms with E-state index >= 15 is 0 Å². The Bertz CT molecular complexity index is 808. The number of nitrogens with zero attached hydrogens (tertiary/aromatic N) is 3. The molecule has 1 aromatic carbocycles. The molecule has 0 aliphatic carbocycles. The van der Waals surface area contributed by atoms with E-state index in [2.05, 4.69) is 25.7 Å². The number of aromatic nitrogens is 1. The van der Waals surface area contributed by atoms with Crippen molar-refractivity contribution >= 4 is 46.0 Å². The number of hydrazone groups is 1. The molecule has 0 bridgehead atoms. The van der Waals surface area contributed by atoms with Crippen LogP contribution in [0.4, 0.5) is 0 Å². The van der Waals surface area contributed by atoms with Gasteiger partial charge in [-0.05, 0) is 30.8 Å². The van der Waals surface area contributed by atoms with Crippen LogP contribution < -0.4 is 10.7 Å². The van der Waals surface area contributed by atoms with Crippen LogP contribution in [0.15, 0.2) is 29.4 Å². The highest BCUT2D eigenvalue weighted by atomic mass is 35.5. The maximum Gasteiger partial charge on any atom is 0.187 e. The summed E-state index contributed by atoms with van der Waals surface area (Å²) in [6.45, 7) is 7.23. The van der Waals surface area contributed by atoms with E-state index in [0.29, 0.717) is 10.3 Å². The molecule has 1 fully saturated rings. The zero-order valence-corrected chi connectivity index (χ0v) is 16.2. The summed E-state index contributed by atoms with van der Waals surface area (Å²) < 4.78 is 5.33. The molecule has 26 heavy (non-hydrogen) atoms. The molecular formula is C18H22ClN5OS. The predicted molar refractivity (Wildman–Crippen MR) is 110 cm³/mol. The Hall–Kier alpha value is -1.80. The number of nitrogens with one attached hydrogen (secondary N) is 2. The van der Waals surface area contributed by atoms with Crippen LogP contribution in [-0.2, 0) is 4.74 Å². The second-order valence-electron chi connectivity index (χ2n) is 6.09. The first-order valence-electron chi connectivity index (χ1n) is 8.56. The van der Waals surface area contributed by atoms with Crippen LogP contribution in [0.2, 0.25) is 5.15 Å². The van der Waals surface area contributed by atoms with Gasteiger partial charge in [-0.2, -0.15) is 5.10 Å². The van der Waals surface area contributed by atoms with E-state index in [0.717, 1.165) is 61.4 Å². The summed E-state index contributed by atoms with van der Waals surface area (Å²) in [5.74, 6) is 0. The third kappa shape index (κ3) is 5.11. The van der Waals surface area contributed by atoms with Gasteiger partial charge in [-0.3, -0.25) is 10.3 Å². The van der Waals surface area contributed by atoms with Crippen LogP contribution >= 0.6 is 23.8 Å². The van der Waals surface area contributed by atoms with E-state index in [1.165, 1.54) is 0 Å². The number of rotatable bonds is 5. The number of benzene rings is 1. The van der Waals surface area contributed by atoms with E-state index in [1.54, 1.807) is 6.21 Å². The molecule has 1 aromatic heterocycles. The molecule has 1 aliphatic rings. The molecule has 0 spiro atoms. The van der Waals surface area contributed by atoms with Crippen molar-refractivity contribution in [1.29, 1.82) is 0 Å². The van der Waals surface area contributed by atoms with Crippen molar-refractivity contribution in [2.24, 2.45) is 5.10 Å². The minimum Gasteiger partial charge on any atom is -0.379 e. The number of thiocarbonyl (C=S) groups is 1. The Morgan fingerprint density at radius 3 is 3.04 bits per heavy atom. The quantitative estimate of drug-likeness (QED) is 0.353. The minimum absolute atomic E-state index is 0.420. The second-order valence-corrected chi connectivity index (χ2v) is 6.86. The van der Waals surface area contributed by atoms with Crippen LogP contribution in [-0.4, -0.2) is 60.6 Å². The summed E-state index contributed by atoms with van der Waals surface area (Å²) in [4.78, 5) is 6.79. The fourth-order valence-electron chi connectivity index (χ4n) is 2.78. The number of hydrogen-bond donors (Lipinski definition) is 2. The molecule has 2 N–H and O–H groups in total. The monoisotopic (exact) mass is 391 g/mol. The minimum atomic E-state index is 0.420. The van der Waals surface area contributed by atoms with Crippen LogP contribution in [0, 0.1) is 6.92 Å². The normalized spacial score (nSPS) is 15.5. The lowest BCUT2D eigenvalue weighted by atomic mass is 10.1. The Morgan fingerprint density at radius 1 is 1.42 bits per heavy atom. The van der Waals surface area contributed by atoms with Crippen LogP contribution in [0.5, 0.6) is 0 Å². The number of aryl methyl sites for hydroxylation is 1. The molecule has 1 aliphatic heterocycles. The molecule has 3 rings (SSSR count). The molecule has 0 unspecified atom stereocenters. The van der Waals surface area contributed by atoms with Crippen LogP contribution in [0.1, 0.15) is 11.1 Å². The van der Waals surface area contributed by atoms with Gasteiger partial charge in [-0.25, -0.2) is 4.98 Å². The molecule has 2 heterocycles. The maximum atomic E-state index is 6.27. The van der Waals surface area contributed by atoms with Gasteiger partial charge in [-0.15, -0.1) is 0 Å². The average molecular weight is 392 g/mol. The fraction of sp³-hybridized carbons (Fsp3) is 0.389. The summed E-state index contributed by atoms with van der Waals surface area (Å²) in [5.41, 5.74) is 5.56. The van der Waals surface area contributed by atoms with Gasteiger partial charge in [0.2, 0.25) is 0 Å². The van der Waals surface area contributed by atoms with Gasteiger partial charge < -0.3 is 10.1 Å². The van der Waals surface area contributed by atoms with Gasteiger partial charge in [0.05, 0.1) is 24.9 Å². The van der Waals surface area contributed by atoms with Crippen molar-refractivity contribution in [2.45, 2.75) is 6.92 Å². The third-order valence-corrected chi connectivity index (χ3v) is 4.75. The smallest absolute Gasteiger partial charge is 0.187 e. The summed E-state index contributed by atoms with van der Waals surface area (Å²) >= 11 is 11.5. The number of morpholine rings is 1. The molecule has 0 amide bonds. The second kappa shape index (κ2) is 9.23. The van der Waals surface area contributed by atoms with Crippen molar-refractivity contribution in [3.63, 3.8) is 0 Å². The van der Waals surface area contributed by atoms with E-state index in [1.807, 2.05) is 31.2 Å². The third-order valence-electron chi connectivity index (χ3n) is 4.22. The lowest BCUT2D eigenvalue weighted by molar-refractivity contribution is 0.0389. The molecule has 6 nitrogen and oxygen atoms in total. The van der Waals surface area contributed by atoms with Gasteiger partial charge in [0.25, 0.3) is 0 Å². The van der Waals surface area contributed by atoms with Crippen molar-refractivity contribution in [1.82, 2.24) is 20.6 Å². The topological polar surface area (TPSA) is 61.8 Å². The van der Waals surface area contributed by atoms with Crippen molar-refractivity contribution in [3.05, 3.63) is 40.5 Å². The average Bonchev–Trinajstić information content (AvgIpc) is 2.64. The Morgan fingerprint density at radius 2 is 2.23 bits per heavy atom. The largest absolute Gasteiger partial charge is 0.379 e. The number of fused-ring (bicyclic) bond motifs is 1. The van der Waals surface area contributed by atoms with E-state index in [-0.39, 0.29) is 0 Å². The lowest BCUT2D eigenvalue weighted by Crippen LogP contribution is -2.42. The van der Waals surface area contributed by atoms with Crippen molar-refractivity contribution in [2.75, 3.05) is 39.4 Å². The highest BCUT2D eigenvalue weighted by Gasteiger charge is 2.09. The summed E-state index contributed by atoms with van der Waals surface area (Å²) in [6, 6.07) is 7.99. The predicted octanol–water partition coefficient (Wildman–Crippen LogP) is 2.33. The fourth-order valence-corrected chi connectivity index (χ4v) is 3.13. The van der Waals surface area contributed by atoms with Crippen LogP contribution in [0.3, 0.4) is 0 Å². The zero-order valence-electron chi connectivity index (χ0n) is 14.7. The first-order chi connectivity index (χ1) is 12.6. The number of hydrogen-bond acceptors (Lipinski definition) is 5. The van der Waals surface area contributed by atoms with E-state index < -0.39 is 0 Å². The standard InChI is InChI=1S/C18H22ClN5OS/c1-13-3-2-4-14-11-15(17(19)22-16(13)14)12-21-23-18(26)20-5-6-24-7-9-25-10-8-24/h2-4,11-12H,5-10H2,1H3,(H2,20,23,26)/b21-12-. The van der Waals surface area contributed by atoms with Gasteiger partial charge in [0, 0.05) is 37.1 Å². The Kier molecular flexibility index (Phi) is 6.73. The molecule has 1 saturated heterocycles. The molecule has 0 atom stereocenters. The Labute approximate surface area is 163 Å². The number of halogens is 1. The van der Waals surface area contributed by atoms with E-state index in [9.17, 15) is 0 Å². The molecule has 2 aromatic rings. The van der Waals surface area contributed by atoms with Gasteiger partial charge in [-0.1, -0.05) is 29.8 Å². The number of ether oxygens (including phenoxy) is 1. The first-order valence-corrected chi connectivity index (χ1v) is 9.35. The zero-order chi connectivity index (χ0) is 18.4. The van der Waals surface area contributed by atoms with Gasteiger partial charge in [0.15, 0.2) is 5.11 Å². The lowest BCUT2D eigenvalue weighted by Gasteiger charge is -2.26. The maximum absolute atomic E-state index is 6.27. The molecule has 138 valence electrons. The molecule has 0 saturated carbocycles. The van der Waals surface area contributed by atoms with E-state index in [4.69, 9.17) is 28.6 Å². The number of para-hydroxylation sites is 1. The van der Waals surface area contributed by atoms with Crippen LogP contribution in [0.25, 0.3) is 10.9 Å². The SMILES string of the molecule is Cc1cccc2cc(/C=N\NC(=S)NCCN3CCOCC3)c(Cl)nc12. The summed E-state index contributed by atoms with van der Waals surface area (Å²) in [7, 11) is 0. The first kappa shape index (κ1) is 19.0. The van der Waals surface area contributed by atoms with Gasteiger partial charge >= 0.3 is 0 Å². The highest BCUT2D eigenvalue weighted by Crippen LogP contribution is 2.21. The highest BCUT2D eigenvalue weighted by molar-refractivity contribution is 7.80. The summed E-state index contributed by atoms with van der Waals surface area (Å²) in [6.07, 6.45) is 1.63. The van der Waals surface area contributed by atoms with Crippen molar-refractivity contribution in [3.8, 4) is 0 Å². The Balaban J connectivity index is 1.50.